The zero-order valence-corrected chi connectivity index (χ0v) is 24.3. The number of nitrogens with one attached hydrogen (secondary N) is 1. The van der Waals surface area contributed by atoms with Gasteiger partial charge in [0.15, 0.2) is 11.4 Å². The van der Waals surface area contributed by atoms with Crippen LogP contribution in [0.4, 0.5) is 24.8 Å². The number of aryl methyl sites for hydroxylation is 1. The molecule has 14 nitrogen and oxygen atoms in total. The van der Waals surface area contributed by atoms with E-state index in [1.807, 2.05) is 0 Å². The first-order valence-corrected chi connectivity index (χ1v) is 13.5. The topological polar surface area (TPSA) is 154 Å². The number of anilines is 2. The van der Waals surface area contributed by atoms with Gasteiger partial charge in [0, 0.05) is 52.4 Å². The fraction of sp³-hybridized carbons (Fsp3) is 0.500. The van der Waals surface area contributed by atoms with Crippen molar-refractivity contribution in [3.8, 4) is 5.75 Å². The molecule has 0 radical (unpaired) electrons. The molecule has 0 atom stereocenters. The minimum absolute atomic E-state index is 0.104. The Labute approximate surface area is 244 Å². The van der Waals surface area contributed by atoms with Crippen LogP contribution in [-0.2, 0) is 17.8 Å². The molecule has 0 bridgehead atoms. The van der Waals surface area contributed by atoms with Gasteiger partial charge in [0.1, 0.15) is 18.6 Å². The quantitative estimate of drug-likeness (QED) is 0.336. The highest BCUT2D eigenvalue weighted by atomic mass is 19.4. The van der Waals surface area contributed by atoms with Crippen LogP contribution in [0.15, 0.2) is 23.3 Å². The number of piperazine rings is 1. The highest BCUT2D eigenvalue weighted by Crippen LogP contribution is 2.26. The van der Waals surface area contributed by atoms with E-state index in [2.05, 4.69) is 31.9 Å². The number of halogens is 3. The molecule has 1 aliphatic heterocycles. The van der Waals surface area contributed by atoms with E-state index < -0.39 is 35.5 Å². The minimum Gasteiger partial charge on any atom is -0.504 e. The zero-order valence-electron chi connectivity index (χ0n) is 24.3. The summed E-state index contributed by atoms with van der Waals surface area (Å²) in [6.45, 7) is 6.73. The van der Waals surface area contributed by atoms with E-state index in [0.29, 0.717) is 12.1 Å². The van der Waals surface area contributed by atoms with E-state index in [-0.39, 0.29) is 73.8 Å². The number of aromatic nitrogens is 6. The smallest absolute Gasteiger partial charge is 0.412 e. The third kappa shape index (κ3) is 6.39. The van der Waals surface area contributed by atoms with Gasteiger partial charge in [-0.05, 0) is 19.8 Å². The first-order chi connectivity index (χ1) is 20.2. The molecule has 17 heteroatoms. The van der Waals surface area contributed by atoms with Gasteiger partial charge in [-0.15, -0.1) is 5.10 Å². The number of nitrogens with zero attached hydrogens (tertiary/aromatic N) is 9. The monoisotopic (exact) mass is 606 g/mol. The van der Waals surface area contributed by atoms with Crippen molar-refractivity contribution in [1.82, 2.24) is 39.3 Å². The summed E-state index contributed by atoms with van der Waals surface area (Å²) in [6.07, 6.45) is -3.50. The van der Waals surface area contributed by atoms with Crippen molar-refractivity contribution in [3.05, 3.63) is 45.9 Å². The number of hydrogen-bond acceptors (Lipinski definition) is 10. The van der Waals surface area contributed by atoms with Crippen molar-refractivity contribution in [2.24, 2.45) is 0 Å². The molecule has 43 heavy (non-hydrogen) atoms. The van der Waals surface area contributed by atoms with Gasteiger partial charge < -0.3 is 29.7 Å². The van der Waals surface area contributed by atoms with Crippen LogP contribution in [0.3, 0.4) is 0 Å². The molecule has 1 fully saturated rings. The third-order valence-electron chi connectivity index (χ3n) is 7.09. The van der Waals surface area contributed by atoms with Crippen LogP contribution in [0.2, 0.25) is 0 Å². The summed E-state index contributed by atoms with van der Waals surface area (Å²) in [5.74, 6) is -1.01. The van der Waals surface area contributed by atoms with Crippen molar-refractivity contribution >= 4 is 29.2 Å². The zero-order chi connectivity index (χ0) is 31.6. The molecule has 4 rings (SSSR count). The fourth-order valence-corrected chi connectivity index (χ4v) is 4.71. The third-order valence-corrected chi connectivity index (χ3v) is 7.09. The Balaban J connectivity index is 1.63. The van der Waals surface area contributed by atoms with Gasteiger partial charge in [-0.2, -0.15) is 22.7 Å². The number of fused-ring (bicyclic) bond motifs is 1. The van der Waals surface area contributed by atoms with Crippen LogP contribution in [-0.4, -0.2) is 104 Å². The molecule has 0 unspecified atom stereocenters. The summed E-state index contributed by atoms with van der Waals surface area (Å²) in [6, 6.07) is 0. The van der Waals surface area contributed by atoms with Gasteiger partial charge in [-0.3, -0.25) is 14.4 Å². The van der Waals surface area contributed by atoms with Crippen molar-refractivity contribution in [3.63, 3.8) is 0 Å². The van der Waals surface area contributed by atoms with Crippen LogP contribution in [0.1, 0.15) is 35.2 Å². The van der Waals surface area contributed by atoms with E-state index >= 15 is 0 Å². The molecule has 0 saturated carbocycles. The Kier molecular flexibility index (Phi) is 8.91. The highest BCUT2D eigenvalue weighted by molar-refractivity contribution is 5.95. The van der Waals surface area contributed by atoms with Gasteiger partial charge in [-0.25, -0.2) is 9.97 Å². The average Bonchev–Trinajstić information content (AvgIpc) is 3.41. The summed E-state index contributed by atoms with van der Waals surface area (Å²) in [7, 11) is 3.39. The van der Waals surface area contributed by atoms with Gasteiger partial charge in [0.25, 0.3) is 11.5 Å². The molecule has 4 heterocycles. The van der Waals surface area contributed by atoms with E-state index in [0.717, 1.165) is 4.52 Å². The van der Waals surface area contributed by atoms with Crippen LogP contribution in [0.25, 0.3) is 5.78 Å². The SMILES string of the molecule is C=C(CCNC(=O)Cn1c(CC)c(N2CCN(C(=O)c3ncnc(C)c3O)CC2)c(=O)n2nc(N(C)C)nc12)C(F)(F)F. The largest absolute Gasteiger partial charge is 0.504 e. The van der Waals surface area contributed by atoms with Gasteiger partial charge >= 0.3 is 6.18 Å². The lowest BCUT2D eigenvalue weighted by Crippen LogP contribution is -2.51. The lowest BCUT2D eigenvalue weighted by molar-refractivity contribution is -0.122. The highest BCUT2D eigenvalue weighted by Gasteiger charge is 2.32. The summed E-state index contributed by atoms with van der Waals surface area (Å²) in [5, 5.41) is 17.1. The molecule has 3 aromatic rings. The molecule has 0 spiro atoms. The number of alkyl halides is 3. The van der Waals surface area contributed by atoms with Crippen LogP contribution < -0.4 is 20.7 Å². The van der Waals surface area contributed by atoms with Gasteiger partial charge in [-0.1, -0.05) is 13.5 Å². The van der Waals surface area contributed by atoms with Crippen LogP contribution in [0.5, 0.6) is 5.75 Å². The van der Waals surface area contributed by atoms with Crippen molar-refractivity contribution in [2.75, 3.05) is 56.6 Å². The molecule has 0 aliphatic carbocycles. The Bertz CT molecular complexity index is 1610. The Morgan fingerprint density at radius 2 is 1.84 bits per heavy atom. The number of carbonyl (C=O) groups excluding carboxylic acids is 2. The maximum absolute atomic E-state index is 13.8. The second-order valence-corrected chi connectivity index (χ2v) is 10.2. The average molecular weight is 607 g/mol. The summed E-state index contributed by atoms with van der Waals surface area (Å²) < 4.78 is 41.0. The van der Waals surface area contributed by atoms with E-state index in [4.69, 9.17) is 0 Å². The van der Waals surface area contributed by atoms with Gasteiger partial charge in [0.2, 0.25) is 17.6 Å². The molecular weight excluding hydrogens is 573 g/mol. The van der Waals surface area contributed by atoms with Crippen LogP contribution >= 0.6 is 0 Å². The minimum atomic E-state index is -4.55. The second kappa shape index (κ2) is 12.3. The second-order valence-electron chi connectivity index (χ2n) is 10.2. The van der Waals surface area contributed by atoms with Gasteiger partial charge in [0.05, 0.1) is 11.4 Å². The summed E-state index contributed by atoms with van der Waals surface area (Å²) in [5.41, 5.74) is -0.495. The molecule has 1 aliphatic rings. The molecule has 2 N–H and O–H groups in total. The predicted molar refractivity (Wildman–Crippen MR) is 150 cm³/mol. The van der Waals surface area contributed by atoms with E-state index in [1.54, 1.807) is 37.7 Å². The van der Waals surface area contributed by atoms with E-state index in [9.17, 15) is 32.7 Å². The number of carbonyl (C=O) groups is 2. The summed E-state index contributed by atoms with van der Waals surface area (Å²) in [4.78, 5) is 56.9. The first kappa shape index (κ1) is 31.2. The van der Waals surface area contributed by atoms with Crippen molar-refractivity contribution < 1.29 is 27.9 Å². The summed E-state index contributed by atoms with van der Waals surface area (Å²) >= 11 is 0. The standard InChI is InChI=1S/C26H33F3N10O4/c1-6-17-20(36-9-11-37(12-10-36)22(42)19-21(41)16(3)31-14-32-19)23(43)39-25(33-24(34-39)35(4)5)38(17)13-18(40)30-8-7-15(2)26(27,28)29/h14,41H,2,6-13H2,1,3-5H3,(H,30,40). The molecular formula is C26H33F3N10O4. The maximum Gasteiger partial charge on any atom is 0.412 e. The maximum atomic E-state index is 13.8. The normalized spacial score (nSPS) is 13.8. The van der Waals surface area contributed by atoms with E-state index in [1.165, 1.54) is 15.8 Å². The lowest BCUT2D eigenvalue weighted by atomic mass is 10.2. The first-order valence-electron chi connectivity index (χ1n) is 13.5. The molecule has 0 aromatic carbocycles. The molecule has 2 amide bonds. The fourth-order valence-electron chi connectivity index (χ4n) is 4.71. The van der Waals surface area contributed by atoms with Crippen LogP contribution in [0, 0.1) is 6.92 Å². The predicted octanol–water partition coefficient (Wildman–Crippen LogP) is 0.911. The molecule has 3 aromatic heterocycles. The number of rotatable bonds is 9. The number of aromatic hydroxyl groups is 1. The molecule has 232 valence electrons. The lowest BCUT2D eigenvalue weighted by Gasteiger charge is -2.36. The Morgan fingerprint density at radius 3 is 2.44 bits per heavy atom. The van der Waals surface area contributed by atoms with Crippen molar-refractivity contribution in [2.45, 2.75) is 39.4 Å². The number of amides is 2. The Hall–Kier alpha value is -4.70. The molecule has 1 saturated heterocycles. The number of hydrogen-bond donors (Lipinski definition) is 2. The van der Waals surface area contributed by atoms with Crippen molar-refractivity contribution in [1.29, 1.82) is 0 Å². The Morgan fingerprint density at radius 1 is 1.16 bits per heavy atom.